The highest BCUT2D eigenvalue weighted by Crippen LogP contribution is 2.37. The van der Waals surface area contributed by atoms with E-state index in [1.54, 1.807) is 6.20 Å². The molecule has 0 amide bonds. The summed E-state index contributed by atoms with van der Waals surface area (Å²) >= 11 is 1.49. The summed E-state index contributed by atoms with van der Waals surface area (Å²) in [6.45, 7) is 0. The van der Waals surface area contributed by atoms with Gasteiger partial charge in [0, 0.05) is 23.4 Å². The van der Waals surface area contributed by atoms with E-state index in [1.165, 1.54) is 11.8 Å². The number of carbonyl (C=O) groups is 1. The SMILES string of the molecule is CSc1nccc(/C=C2/OC(=O)C3=C2CCCC3)n1. The molecule has 3 rings (SSSR count). The fraction of sp³-hybridized carbons (Fsp3) is 0.357. The van der Waals surface area contributed by atoms with Crippen LogP contribution in [0.1, 0.15) is 31.4 Å². The lowest BCUT2D eigenvalue weighted by Gasteiger charge is -2.10. The van der Waals surface area contributed by atoms with Crippen LogP contribution in [0.3, 0.4) is 0 Å². The number of nitrogens with zero attached hydrogens (tertiary/aromatic N) is 2. The van der Waals surface area contributed by atoms with Gasteiger partial charge in [-0.15, -0.1) is 0 Å². The van der Waals surface area contributed by atoms with E-state index in [-0.39, 0.29) is 5.97 Å². The van der Waals surface area contributed by atoms with Crippen LogP contribution in [0.4, 0.5) is 0 Å². The van der Waals surface area contributed by atoms with Crippen molar-refractivity contribution >= 4 is 23.8 Å². The Morgan fingerprint density at radius 1 is 1.32 bits per heavy atom. The van der Waals surface area contributed by atoms with Crippen LogP contribution in [-0.2, 0) is 9.53 Å². The molecule has 0 unspecified atom stereocenters. The first-order valence-corrected chi connectivity index (χ1v) is 7.53. The van der Waals surface area contributed by atoms with Crippen molar-refractivity contribution in [2.45, 2.75) is 30.8 Å². The van der Waals surface area contributed by atoms with E-state index in [0.717, 1.165) is 47.7 Å². The molecule has 98 valence electrons. The van der Waals surface area contributed by atoms with Gasteiger partial charge in [0.1, 0.15) is 5.76 Å². The third-order valence-corrected chi connectivity index (χ3v) is 3.89. The maximum atomic E-state index is 11.8. The van der Waals surface area contributed by atoms with Gasteiger partial charge in [-0.05, 0) is 38.0 Å². The van der Waals surface area contributed by atoms with E-state index in [0.29, 0.717) is 5.76 Å². The van der Waals surface area contributed by atoms with Crippen molar-refractivity contribution in [2.75, 3.05) is 6.26 Å². The summed E-state index contributed by atoms with van der Waals surface area (Å²) in [4.78, 5) is 20.3. The Kier molecular flexibility index (Phi) is 3.38. The average Bonchev–Trinajstić information content (AvgIpc) is 2.76. The molecule has 1 aromatic rings. The van der Waals surface area contributed by atoms with E-state index in [4.69, 9.17) is 4.74 Å². The minimum Gasteiger partial charge on any atom is -0.423 e. The van der Waals surface area contributed by atoms with Crippen molar-refractivity contribution in [3.63, 3.8) is 0 Å². The van der Waals surface area contributed by atoms with Gasteiger partial charge in [-0.25, -0.2) is 14.8 Å². The Bertz CT molecular complexity index is 593. The molecular weight excluding hydrogens is 260 g/mol. The van der Waals surface area contributed by atoms with Crippen molar-refractivity contribution < 1.29 is 9.53 Å². The smallest absolute Gasteiger partial charge is 0.339 e. The normalized spacial score (nSPS) is 20.7. The Hall–Kier alpha value is -1.62. The Morgan fingerprint density at radius 3 is 2.89 bits per heavy atom. The summed E-state index contributed by atoms with van der Waals surface area (Å²) in [6, 6.07) is 1.82. The topological polar surface area (TPSA) is 52.1 Å². The third kappa shape index (κ3) is 2.42. The van der Waals surface area contributed by atoms with Crippen molar-refractivity contribution in [3.8, 4) is 0 Å². The van der Waals surface area contributed by atoms with Gasteiger partial charge in [-0.1, -0.05) is 11.8 Å². The molecule has 1 aliphatic heterocycles. The van der Waals surface area contributed by atoms with Crippen LogP contribution < -0.4 is 0 Å². The zero-order chi connectivity index (χ0) is 13.2. The molecule has 0 radical (unpaired) electrons. The minimum absolute atomic E-state index is 0.180. The van der Waals surface area contributed by atoms with E-state index < -0.39 is 0 Å². The van der Waals surface area contributed by atoms with Crippen LogP contribution in [0.5, 0.6) is 0 Å². The van der Waals surface area contributed by atoms with Gasteiger partial charge in [-0.2, -0.15) is 0 Å². The van der Waals surface area contributed by atoms with E-state index in [2.05, 4.69) is 9.97 Å². The first kappa shape index (κ1) is 12.4. The predicted octanol–water partition coefficient (Wildman–Crippen LogP) is 2.97. The van der Waals surface area contributed by atoms with Crippen molar-refractivity contribution in [3.05, 3.63) is 34.9 Å². The second-order valence-electron chi connectivity index (χ2n) is 4.53. The number of carbonyl (C=O) groups excluding carboxylic acids is 1. The summed E-state index contributed by atoms with van der Waals surface area (Å²) in [5.41, 5.74) is 2.71. The maximum Gasteiger partial charge on any atom is 0.339 e. The molecule has 4 nitrogen and oxygen atoms in total. The van der Waals surface area contributed by atoms with E-state index in [9.17, 15) is 4.79 Å². The van der Waals surface area contributed by atoms with Gasteiger partial charge in [-0.3, -0.25) is 0 Å². The highest BCUT2D eigenvalue weighted by Gasteiger charge is 2.31. The maximum absolute atomic E-state index is 11.8. The molecule has 0 saturated carbocycles. The van der Waals surface area contributed by atoms with E-state index >= 15 is 0 Å². The average molecular weight is 274 g/mol. The molecule has 0 N–H and O–H groups in total. The first-order valence-electron chi connectivity index (χ1n) is 6.31. The third-order valence-electron chi connectivity index (χ3n) is 3.33. The molecular formula is C14H14N2O2S. The second-order valence-corrected chi connectivity index (χ2v) is 5.30. The summed E-state index contributed by atoms with van der Waals surface area (Å²) in [5, 5.41) is 0.719. The Balaban J connectivity index is 1.95. The van der Waals surface area contributed by atoms with Gasteiger partial charge >= 0.3 is 5.97 Å². The Morgan fingerprint density at radius 2 is 2.11 bits per heavy atom. The van der Waals surface area contributed by atoms with Crippen LogP contribution in [0, 0.1) is 0 Å². The summed E-state index contributed by atoms with van der Waals surface area (Å²) in [6.07, 6.45) is 9.45. The molecule has 19 heavy (non-hydrogen) atoms. The predicted molar refractivity (Wildman–Crippen MR) is 73.4 cm³/mol. The number of rotatable bonds is 2. The van der Waals surface area contributed by atoms with Crippen molar-refractivity contribution in [1.82, 2.24) is 9.97 Å². The summed E-state index contributed by atoms with van der Waals surface area (Å²) < 4.78 is 5.37. The number of cyclic esters (lactones) is 1. The number of hydrogen-bond donors (Lipinski definition) is 0. The fourth-order valence-corrected chi connectivity index (χ4v) is 2.77. The lowest BCUT2D eigenvalue weighted by atomic mass is 9.92. The summed E-state index contributed by atoms with van der Waals surface area (Å²) in [5.74, 6) is 0.491. The van der Waals surface area contributed by atoms with Crippen molar-refractivity contribution in [1.29, 1.82) is 0 Å². The molecule has 0 spiro atoms. The van der Waals surface area contributed by atoms with Crippen LogP contribution in [-0.4, -0.2) is 22.2 Å². The van der Waals surface area contributed by atoms with Crippen LogP contribution >= 0.6 is 11.8 Å². The molecule has 2 heterocycles. The fourth-order valence-electron chi connectivity index (χ4n) is 2.41. The number of aromatic nitrogens is 2. The van der Waals surface area contributed by atoms with Gasteiger partial charge in [0.25, 0.3) is 0 Å². The molecule has 1 aliphatic carbocycles. The summed E-state index contributed by atoms with van der Waals surface area (Å²) in [7, 11) is 0. The molecule has 0 fully saturated rings. The second kappa shape index (κ2) is 5.17. The Labute approximate surface area is 116 Å². The number of esters is 1. The quantitative estimate of drug-likeness (QED) is 0.471. The number of allylic oxidation sites excluding steroid dienone is 1. The van der Waals surface area contributed by atoms with Gasteiger partial charge in [0.2, 0.25) is 0 Å². The molecule has 5 heteroatoms. The highest BCUT2D eigenvalue weighted by atomic mass is 32.2. The molecule has 0 saturated heterocycles. The van der Waals surface area contributed by atoms with Crippen molar-refractivity contribution in [2.24, 2.45) is 0 Å². The van der Waals surface area contributed by atoms with Crippen LogP contribution in [0.2, 0.25) is 0 Å². The largest absolute Gasteiger partial charge is 0.423 e. The minimum atomic E-state index is -0.180. The van der Waals surface area contributed by atoms with Crippen LogP contribution in [0.15, 0.2) is 34.3 Å². The lowest BCUT2D eigenvalue weighted by Crippen LogP contribution is -2.01. The molecule has 0 aromatic carbocycles. The van der Waals surface area contributed by atoms with E-state index in [1.807, 2.05) is 18.4 Å². The zero-order valence-corrected chi connectivity index (χ0v) is 11.5. The van der Waals surface area contributed by atoms with Gasteiger partial charge in [0.05, 0.1) is 5.69 Å². The molecule has 1 aromatic heterocycles. The van der Waals surface area contributed by atoms with Gasteiger partial charge < -0.3 is 4.74 Å². The molecule has 0 atom stereocenters. The van der Waals surface area contributed by atoms with Gasteiger partial charge in [0.15, 0.2) is 5.16 Å². The lowest BCUT2D eigenvalue weighted by molar-refractivity contribution is -0.133. The standard InChI is InChI=1S/C14H14N2O2S/c1-19-14-15-7-6-9(16-14)8-12-10-4-2-3-5-11(10)13(17)18-12/h6-8H,2-5H2,1H3/b12-8+. The molecule has 0 bridgehead atoms. The number of hydrogen-bond acceptors (Lipinski definition) is 5. The number of ether oxygens (including phenoxy) is 1. The zero-order valence-electron chi connectivity index (χ0n) is 10.7. The first-order chi connectivity index (χ1) is 9.28. The van der Waals surface area contributed by atoms with Crippen LogP contribution in [0.25, 0.3) is 6.08 Å². The highest BCUT2D eigenvalue weighted by molar-refractivity contribution is 7.98. The monoisotopic (exact) mass is 274 g/mol. The molecule has 2 aliphatic rings. The number of thioether (sulfide) groups is 1.